The van der Waals surface area contributed by atoms with E-state index in [1.165, 1.54) is 31.2 Å². The highest BCUT2D eigenvalue weighted by molar-refractivity contribution is 5.75. The van der Waals surface area contributed by atoms with Crippen molar-refractivity contribution in [3.63, 3.8) is 0 Å². The second kappa shape index (κ2) is 7.31. The third kappa shape index (κ3) is 3.73. The molecule has 2 heterocycles. The second-order valence-corrected chi connectivity index (χ2v) is 6.14. The van der Waals surface area contributed by atoms with Gasteiger partial charge < -0.3 is 16.0 Å². The second-order valence-electron chi connectivity index (χ2n) is 6.14. The van der Waals surface area contributed by atoms with Crippen LogP contribution in [-0.4, -0.2) is 23.1 Å². The highest BCUT2D eigenvalue weighted by Gasteiger charge is 2.17. The summed E-state index contributed by atoms with van der Waals surface area (Å²) < 4.78 is 0. The Labute approximate surface area is 137 Å². The first-order valence-corrected chi connectivity index (χ1v) is 8.42. The largest absolute Gasteiger partial charge is 0.393 e. The quantitative estimate of drug-likeness (QED) is 0.903. The maximum absolute atomic E-state index is 6.36. The van der Waals surface area contributed by atoms with Crippen LogP contribution in [0.3, 0.4) is 0 Å². The zero-order valence-corrected chi connectivity index (χ0v) is 13.7. The SMILES string of the molecule is CC(Nc1ncnc(N2CCCCCC2)c1N)c1ccccc1. The lowest BCUT2D eigenvalue weighted by molar-refractivity contribution is 0.726. The summed E-state index contributed by atoms with van der Waals surface area (Å²) in [6, 6.07) is 10.5. The monoisotopic (exact) mass is 311 g/mol. The van der Waals surface area contributed by atoms with E-state index in [2.05, 4.69) is 39.2 Å². The van der Waals surface area contributed by atoms with Gasteiger partial charge in [-0.3, -0.25) is 0 Å². The van der Waals surface area contributed by atoms with Crippen molar-refractivity contribution in [2.75, 3.05) is 29.0 Å². The van der Waals surface area contributed by atoms with Gasteiger partial charge in [0.15, 0.2) is 11.6 Å². The van der Waals surface area contributed by atoms with E-state index in [9.17, 15) is 0 Å². The Morgan fingerprint density at radius 3 is 2.43 bits per heavy atom. The number of nitrogens with zero attached hydrogens (tertiary/aromatic N) is 3. The summed E-state index contributed by atoms with van der Waals surface area (Å²) in [5, 5.41) is 3.42. The van der Waals surface area contributed by atoms with Gasteiger partial charge >= 0.3 is 0 Å². The topological polar surface area (TPSA) is 67.1 Å². The molecule has 1 unspecified atom stereocenters. The first-order chi connectivity index (χ1) is 11.3. The molecular weight excluding hydrogens is 286 g/mol. The molecule has 1 atom stereocenters. The first kappa shape index (κ1) is 15.6. The molecule has 5 nitrogen and oxygen atoms in total. The first-order valence-electron chi connectivity index (χ1n) is 8.42. The molecule has 1 aromatic heterocycles. The number of anilines is 3. The van der Waals surface area contributed by atoms with E-state index >= 15 is 0 Å². The van der Waals surface area contributed by atoms with Crippen LogP contribution in [-0.2, 0) is 0 Å². The number of aromatic nitrogens is 2. The summed E-state index contributed by atoms with van der Waals surface area (Å²) in [5.41, 5.74) is 8.22. The van der Waals surface area contributed by atoms with Gasteiger partial charge in [0.25, 0.3) is 0 Å². The third-order valence-corrected chi connectivity index (χ3v) is 4.42. The maximum Gasteiger partial charge on any atom is 0.157 e. The molecular formula is C18H25N5. The summed E-state index contributed by atoms with van der Waals surface area (Å²) in [6.45, 7) is 4.16. The van der Waals surface area contributed by atoms with Crippen molar-refractivity contribution in [3.05, 3.63) is 42.2 Å². The summed E-state index contributed by atoms with van der Waals surface area (Å²) in [6.07, 6.45) is 6.59. The van der Waals surface area contributed by atoms with Crippen molar-refractivity contribution < 1.29 is 0 Å². The zero-order valence-electron chi connectivity index (χ0n) is 13.7. The summed E-state index contributed by atoms with van der Waals surface area (Å²) >= 11 is 0. The third-order valence-electron chi connectivity index (χ3n) is 4.42. The average Bonchev–Trinajstić information content (AvgIpc) is 2.87. The molecule has 5 heteroatoms. The van der Waals surface area contributed by atoms with Crippen LogP contribution in [0.2, 0.25) is 0 Å². The molecule has 1 aliphatic heterocycles. The number of benzene rings is 1. The van der Waals surface area contributed by atoms with Gasteiger partial charge in [0.1, 0.15) is 12.0 Å². The van der Waals surface area contributed by atoms with Crippen molar-refractivity contribution >= 4 is 17.3 Å². The smallest absolute Gasteiger partial charge is 0.157 e. The Morgan fingerprint density at radius 1 is 1.04 bits per heavy atom. The predicted molar refractivity (Wildman–Crippen MR) is 95.6 cm³/mol. The van der Waals surface area contributed by atoms with Crippen molar-refractivity contribution in [1.82, 2.24) is 9.97 Å². The Kier molecular flexibility index (Phi) is 4.95. The molecule has 23 heavy (non-hydrogen) atoms. The van der Waals surface area contributed by atoms with Crippen LogP contribution in [0.25, 0.3) is 0 Å². The Bertz CT molecular complexity index is 621. The van der Waals surface area contributed by atoms with E-state index in [-0.39, 0.29) is 6.04 Å². The molecule has 2 aromatic rings. The van der Waals surface area contributed by atoms with Crippen LogP contribution in [0.1, 0.15) is 44.2 Å². The fourth-order valence-corrected chi connectivity index (χ4v) is 3.07. The maximum atomic E-state index is 6.36. The Morgan fingerprint density at radius 2 is 1.74 bits per heavy atom. The summed E-state index contributed by atoms with van der Waals surface area (Å²) in [7, 11) is 0. The number of nitrogens with one attached hydrogen (secondary N) is 1. The van der Waals surface area contributed by atoms with Gasteiger partial charge in [0.05, 0.1) is 6.04 Å². The Balaban J connectivity index is 1.79. The van der Waals surface area contributed by atoms with E-state index in [4.69, 9.17) is 5.73 Å². The molecule has 1 fully saturated rings. The molecule has 0 saturated carbocycles. The standard InChI is InChI=1S/C18H25N5/c1-14(15-9-5-4-6-10-15)22-17-16(19)18(21-13-20-17)23-11-7-2-3-8-12-23/h4-6,9-10,13-14H,2-3,7-8,11-12,19H2,1H3,(H,20,21,22). The number of hydrogen-bond acceptors (Lipinski definition) is 5. The predicted octanol–water partition coefficient (Wildman–Crippen LogP) is 3.61. The zero-order chi connectivity index (χ0) is 16.1. The molecule has 3 N–H and O–H groups in total. The van der Waals surface area contributed by atoms with E-state index in [1.54, 1.807) is 6.33 Å². The molecule has 3 rings (SSSR count). The lowest BCUT2D eigenvalue weighted by Gasteiger charge is -2.24. The van der Waals surface area contributed by atoms with Gasteiger partial charge in [-0.2, -0.15) is 0 Å². The van der Waals surface area contributed by atoms with Gasteiger partial charge in [0, 0.05) is 13.1 Å². The Hall–Kier alpha value is -2.30. The normalized spacial score (nSPS) is 16.7. The lowest BCUT2D eigenvalue weighted by Crippen LogP contribution is -2.26. The molecule has 122 valence electrons. The average molecular weight is 311 g/mol. The highest BCUT2D eigenvalue weighted by Crippen LogP contribution is 2.30. The van der Waals surface area contributed by atoms with Crippen LogP contribution in [0, 0.1) is 0 Å². The van der Waals surface area contributed by atoms with Gasteiger partial charge in [0.2, 0.25) is 0 Å². The fraction of sp³-hybridized carbons (Fsp3) is 0.444. The van der Waals surface area contributed by atoms with Crippen LogP contribution in [0.5, 0.6) is 0 Å². The molecule has 0 amide bonds. The van der Waals surface area contributed by atoms with Gasteiger partial charge in [-0.1, -0.05) is 43.2 Å². The van der Waals surface area contributed by atoms with E-state index in [0.717, 1.165) is 24.7 Å². The molecule has 0 spiro atoms. The van der Waals surface area contributed by atoms with Crippen LogP contribution >= 0.6 is 0 Å². The van der Waals surface area contributed by atoms with Crippen LogP contribution < -0.4 is 16.0 Å². The highest BCUT2D eigenvalue weighted by atomic mass is 15.2. The molecule has 0 radical (unpaired) electrons. The molecule has 0 aliphatic carbocycles. The van der Waals surface area contributed by atoms with Gasteiger partial charge in [-0.25, -0.2) is 9.97 Å². The van der Waals surface area contributed by atoms with Crippen molar-refractivity contribution in [2.45, 2.75) is 38.6 Å². The van der Waals surface area contributed by atoms with E-state index in [1.807, 2.05) is 18.2 Å². The van der Waals surface area contributed by atoms with E-state index in [0.29, 0.717) is 5.69 Å². The summed E-state index contributed by atoms with van der Waals surface area (Å²) in [4.78, 5) is 11.1. The number of rotatable bonds is 4. The molecule has 1 saturated heterocycles. The minimum Gasteiger partial charge on any atom is -0.393 e. The van der Waals surface area contributed by atoms with E-state index < -0.39 is 0 Å². The number of nitrogens with two attached hydrogens (primary N) is 1. The minimum absolute atomic E-state index is 0.144. The van der Waals surface area contributed by atoms with Gasteiger partial charge in [-0.15, -0.1) is 0 Å². The number of hydrogen-bond donors (Lipinski definition) is 2. The summed E-state index contributed by atoms with van der Waals surface area (Å²) in [5.74, 6) is 1.58. The molecule has 0 bridgehead atoms. The minimum atomic E-state index is 0.144. The van der Waals surface area contributed by atoms with Crippen LogP contribution in [0.4, 0.5) is 17.3 Å². The number of nitrogen functional groups attached to an aromatic ring is 1. The van der Waals surface area contributed by atoms with Crippen molar-refractivity contribution in [3.8, 4) is 0 Å². The van der Waals surface area contributed by atoms with Gasteiger partial charge in [-0.05, 0) is 25.3 Å². The van der Waals surface area contributed by atoms with Crippen LogP contribution in [0.15, 0.2) is 36.7 Å². The van der Waals surface area contributed by atoms with Crippen molar-refractivity contribution in [2.24, 2.45) is 0 Å². The lowest BCUT2D eigenvalue weighted by atomic mass is 10.1. The molecule has 1 aliphatic rings. The fourth-order valence-electron chi connectivity index (χ4n) is 3.07. The molecule has 1 aromatic carbocycles. The van der Waals surface area contributed by atoms with Crippen molar-refractivity contribution in [1.29, 1.82) is 0 Å².